The van der Waals surface area contributed by atoms with Crippen LogP contribution in [0.3, 0.4) is 0 Å². The molecule has 0 atom stereocenters. The first-order valence-corrected chi connectivity index (χ1v) is 4.42. The summed E-state index contributed by atoms with van der Waals surface area (Å²) in [4.78, 5) is 13.8. The Hall–Kier alpha value is -2.57. The summed E-state index contributed by atoms with van der Waals surface area (Å²) >= 11 is 0. The van der Waals surface area contributed by atoms with Crippen molar-refractivity contribution in [3.63, 3.8) is 0 Å². The second kappa shape index (κ2) is 9.00. The molecule has 3 aromatic rings. The lowest BCUT2D eigenvalue weighted by atomic mass is 10.7. The van der Waals surface area contributed by atoms with Crippen molar-refractivity contribution >= 4 is 0 Å². The first-order valence-electron chi connectivity index (χ1n) is 4.42. The van der Waals surface area contributed by atoms with E-state index in [2.05, 4.69) is 35.3 Å². The molecule has 0 fully saturated rings. The van der Waals surface area contributed by atoms with Gasteiger partial charge >= 0.3 is 0 Å². The number of hydrogen-bond donors (Lipinski definition) is 2. The first-order chi connectivity index (χ1) is 8.00. The van der Waals surface area contributed by atoms with Crippen molar-refractivity contribution < 1.29 is 0 Å². The molecule has 0 unspecified atom stereocenters. The summed E-state index contributed by atoms with van der Waals surface area (Å²) < 4.78 is 0. The van der Waals surface area contributed by atoms with Crippen LogP contribution in [-0.2, 0) is 0 Å². The summed E-state index contributed by atoms with van der Waals surface area (Å²) in [6.07, 6.45) is 13.1. The predicted molar refractivity (Wildman–Crippen MR) is 57.0 cm³/mol. The normalized spacial score (nSPS) is 8.00. The highest BCUT2D eigenvalue weighted by Crippen LogP contribution is 1.66. The minimum absolute atomic E-state index is 1.50. The van der Waals surface area contributed by atoms with E-state index in [1.165, 1.54) is 6.33 Å². The minimum atomic E-state index is 1.50. The molecule has 0 saturated carbocycles. The molecule has 0 aliphatic heterocycles. The third-order valence-electron chi connectivity index (χ3n) is 1.21. The number of nitrogens with zero attached hydrogens (tertiary/aromatic N) is 5. The fourth-order valence-electron chi connectivity index (χ4n) is 0.635. The van der Waals surface area contributed by atoms with Gasteiger partial charge in [0, 0.05) is 24.8 Å². The van der Waals surface area contributed by atoms with Crippen LogP contribution in [0.25, 0.3) is 0 Å². The summed E-state index contributed by atoms with van der Waals surface area (Å²) in [7, 11) is 0. The molecule has 7 nitrogen and oxygen atoms in total. The zero-order valence-corrected chi connectivity index (χ0v) is 8.43. The van der Waals surface area contributed by atoms with Crippen molar-refractivity contribution in [2.45, 2.75) is 0 Å². The highest BCUT2D eigenvalue weighted by atomic mass is 15.3. The molecule has 0 aromatic carbocycles. The molecule has 0 saturated heterocycles. The zero-order valence-electron chi connectivity index (χ0n) is 8.43. The molecule has 2 N–H and O–H groups in total. The van der Waals surface area contributed by atoms with Crippen LogP contribution in [0.5, 0.6) is 0 Å². The van der Waals surface area contributed by atoms with Crippen LogP contribution in [0.2, 0.25) is 0 Å². The Labute approximate surface area is 92.0 Å². The van der Waals surface area contributed by atoms with E-state index in [4.69, 9.17) is 0 Å². The molecular weight excluding hydrogens is 206 g/mol. The Morgan fingerprint density at radius 2 is 1.50 bits per heavy atom. The zero-order chi connectivity index (χ0) is 11.3. The molecule has 0 bridgehead atoms. The van der Waals surface area contributed by atoms with E-state index >= 15 is 0 Å². The van der Waals surface area contributed by atoms with Crippen molar-refractivity contribution in [2.75, 3.05) is 0 Å². The molecule has 0 aliphatic carbocycles. The Kier molecular flexibility index (Phi) is 6.47. The quantitative estimate of drug-likeness (QED) is 0.577. The van der Waals surface area contributed by atoms with Crippen molar-refractivity contribution in [3.8, 4) is 0 Å². The van der Waals surface area contributed by atoms with Gasteiger partial charge in [-0.15, -0.1) is 0 Å². The van der Waals surface area contributed by atoms with E-state index < -0.39 is 0 Å². The van der Waals surface area contributed by atoms with E-state index in [0.29, 0.717) is 0 Å². The molecule has 0 radical (unpaired) electrons. The van der Waals surface area contributed by atoms with Gasteiger partial charge in [0.2, 0.25) is 0 Å². The summed E-state index contributed by atoms with van der Waals surface area (Å²) in [5.74, 6) is 0. The number of aromatic nitrogens is 7. The monoisotopic (exact) mass is 217 g/mol. The van der Waals surface area contributed by atoms with Gasteiger partial charge in [-0.05, 0) is 6.07 Å². The fourth-order valence-corrected chi connectivity index (χ4v) is 0.635. The lowest BCUT2D eigenvalue weighted by Crippen LogP contribution is -1.66. The number of nitrogens with one attached hydrogen (secondary N) is 2. The second-order valence-electron chi connectivity index (χ2n) is 2.32. The van der Waals surface area contributed by atoms with Crippen LogP contribution in [0, 0.1) is 0 Å². The van der Waals surface area contributed by atoms with Crippen molar-refractivity contribution in [1.29, 1.82) is 0 Å². The van der Waals surface area contributed by atoms with E-state index in [-0.39, 0.29) is 0 Å². The van der Waals surface area contributed by atoms with Gasteiger partial charge in [0.15, 0.2) is 0 Å². The van der Waals surface area contributed by atoms with Gasteiger partial charge in [-0.25, -0.2) is 15.0 Å². The van der Waals surface area contributed by atoms with Gasteiger partial charge < -0.3 is 4.98 Å². The molecular formula is C9H11N7. The van der Waals surface area contributed by atoms with Gasteiger partial charge in [0.05, 0.1) is 18.7 Å². The lowest BCUT2D eigenvalue weighted by molar-refractivity contribution is 0.940. The topological polar surface area (TPSA) is 96.0 Å². The fraction of sp³-hybridized carbons (Fsp3) is 0. The SMILES string of the molecule is c1c[nH]cn1.c1cn[nH]n1.c1cncnc1. The minimum Gasteiger partial charge on any atom is -0.351 e. The second-order valence-corrected chi connectivity index (χ2v) is 2.32. The van der Waals surface area contributed by atoms with Crippen LogP contribution in [0.4, 0.5) is 0 Å². The standard InChI is InChI=1S/C4H4N2.C3H4N2.C2H3N3/c1-2-5-4-6-3-1;1-2-5-3-4-1;1-2-4-5-3-1/h1-4H;1-3H,(H,4,5);1-2H,(H,3,4,5). The average molecular weight is 217 g/mol. The summed E-state index contributed by atoms with van der Waals surface area (Å²) in [6, 6.07) is 1.78. The average Bonchev–Trinajstić information content (AvgIpc) is 3.10. The lowest BCUT2D eigenvalue weighted by Gasteiger charge is -1.70. The number of imidazole rings is 1. The summed E-state index contributed by atoms with van der Waals surface area (Å²) in [5.41, 5.74) is 0. The number of H-pyrrole nitrogens is 2. The third kappa shape index (κ3) is 6.89. The van der Waals surface area contributed by atoms with Gasteiger partial charge in [-0.1, -0.05) is 0 Å². The highest BCUT2D eigenvalue weighted by Gasteiger charge is 1.59. The van der Waals surface area contributed by atoms with E-state index in [1.807, 2.05) is 0 Å². The van der Waals surface area contributed by atoms with Crippen molar-refractivity contribution in [2.24, 2.45) is 0 Å². The van der Waals surface area contributed by atoms with Crippen LogP contribution < -0.4 is 0 Å². The number of rotatable bonds is 0. The van der Waals surface area contributed by atoms with E-state index in [0.717, 1.165) is 0 Å². The Bertz CT molecular complexity index is 307. The molecule has 3 rings (SSSR count). The molecule has 0 spiro atoms. The van der Waals surface area contributed by atoms with E-state index in [1.54, 1.807) is 49.6 Å². The Morgan fingerprint density at radius 3 is 1.69 bits per heavy atom. The molecule has 82 valence electrons. The van der Waals surface area contributed by atoms with Crippen LogP contribution >= 0.6 is 0 Å². The summed E-state index contributed by atoms with van der Waals surface area (Å²) in [6.45, 7) is 0. The van der Waals surface area contributed by atoms with Gasteiger partial charge in [-0.3, -0.25) is 0 Å². The van der Waals surface area contributed by atoms with Crippen LogP contribution in [0.15, 0.2) is 55.9 Å². The highest BCUT2D eigenvalue weighted by molar-refractivity contribution is 4.74. The largest absolute Gasteiger partial charge is 0.351 e. The molecule has 7 heteroatoms. The van der Waals surface area contributed by atoms with Gasteiger partial charge in [0.25, 0.3) is 0 Å². The predicted octanol–water partition coefficient (Wildman–Crippen LogP) is 0.691. The molecule has 3 aromatic heterocycles. The Balaban J connectivity index is 0.000000121. The molecule has 16 heavy (non-hydrogen) atoms. The maximum absolute atomic E-state index is 3.67. The van der Waals surface area contributed by atoms with Gasteiger partial charge in [0.1, 0.15) is 6.33 Å². The first kappa shape index (κ1) is 11.5. The maximum Gasteiger partial charge on any atom is 0.115 e. The Morgan fingerprint density at radius 1 is 0.750 bits per heavy atom. The number of aromatic amines is 2. The number of hydrogen-bond acceptors (Lipinski definition) is 5. The smallest absolute Gasteiger partial charge is 0.115 e. The molecule has 3 heterocycles. The third-order valence-corrected chi connectivity index (χ3v) is 1.21. The molecule has 0 aliphatic rings. The van der Waals surface area contributed by atoms with Gasteiger partial charge in [-0.2, -0.15) is 15.4 Å². The maximum atomic E-state index is 3.67. The van der Waals surface area contributed by atoms with Crippen LogP contribution in [0.1, 0.15) is 0 Å². The van der Waals surface area contributed by atoms with Crippen molar-refractivity contribution in [1.82, 2.24) is 35.3 Å². The van der Waals surface area contributed by atoms with Crippen LogP contribution in [-0.4, -0.2) is 35.3 Å². The van der Waals surface area contributed by atoms with Crippen molar-refractivity contribution in [3.05, 3.63) is 55.9 Å². The molecule has 0 amide bonds. The van der Waals surface area contributed by atoms with E-state index in [9.17, 15) is 0 Å². The summed E-state index contributed by atoms with van der Waals surface area (Å²) in [5, 5.41) is 9.33.